The van der Waals surface area contributed by atoms with E-state index in [0.717, 1.165) is 17.8 Å². The van der Waals surface area contributed by atoms with Crippen LogP contribution in [0, 0.1) is 5.92 Å². The maximum atomic E-state index is 6.08. The van der Waals surface area contributed by atoms with Crippen molar-refractivity contribution in [3.05, 3.63) is 35.6 Å². The van der Waals surface area contributed by atoms with Gasteiger partial charge in [0.05, 0.1) is 0 Å². The van der Waals surface area contributed by atoms with Crippen molar-refractivity contribution in [1.29, 1.82) is 0 Å². The molecule has 0 aliphatic heterocycles. The average molecular weight is 234 g/mol. The zero-order chi connectivity index (χ0) is 11.1. The molecular weight excluding hydrogens is 222 g/mol. The van der Waals surface area contributed by atoms with E-state index in [9.17, 15) is 0 Å². The molecule has 2 aromatic rings. The van der Waals surface area contributed by atoms with Gasteiger partial charge in [-0.05, 0) is 23.9 Å². The lowest BCUT2D eigenvalue weighted by Gasteiger charge is -2.06. The van der Waals surface area contributed by atoms with E-state index in [-0.39, 0.29) is 0 Å². The Morgan fingerprint density at radius 3 is 2.56 bits per heavy atom. The highest BCUT2D eigenvalue weighted by atomic mass is 35.5. The van der Waals surface area contributed by atoms with Gasteiger partial charge in [0.2, 0.25) is 5.28 Å². The fraction of sp³-hybridized carbons (Fsp3) is 0.333. The van der Waals surface area contributed by atoms with E-state index in [1.807, 2.05) is 34.9 Å². The molecule has 16 heavy (non-hydrogen) atoms. The molecule has 0 amide bonds. The molecule has 0 spiro atoms. The molecule has 82 valence electrons. The quantitative estimate of drug-likeness (QED) is 0.798. The molecule has 1 aromatic heterocycles. The lowest BCUT2D eigenvalue weighted by atomic mass is 10.2. The van der Waals surface area contributed by atoms with Crippen LogP contribution in [0.25, 0.3) is 11.4 Å². The van der Waals surface area contributed by atoms with Crippen LogP contribution in [-0.4, -0.2) is 14.8 Å². The van der Waals surface area contributed by atoms with Gasteiger partial charge in [-0.3, -0.25) is 4.57 Å². The highest BCUT2D eigenvalue weighted by molar-refractivity contribution is 6.28. The van der Waals surface area contributed by atoms with Crippen LogP contribution < -0.4 is 0 Å². The minimum atomic E-state index is 0.470. The van der Waals surface area contributed by atoms with Crippen LogP contribution in [0.2, 0.25) is 5.28 Å². The van der Waals surface area contributed by atoms with Crippen LogP contribution in [-0.2, 0) is 0 Å². The molecular formula is C12H12ClN3. The SMILES string of the molecule is CC1CC1n1c(Cl)nnc1-c1ccccc1. The normalized spacial score (nSPS) is 23.4. The Morgan fingerprint density at radius 2 is 1.94 bits per heavy atom. The number of aromatic nitrogens is 3. The largest absolute Gasteiger partial charge is 0.294 e. The summed E-state index contributed by atoms with van der Waals surface area (Å²) in [6.07, 6.45) is 1.16. The summed E-state index contributed by atoms with van der Waals surface area (Å²) in [5.74, 6) is 1.55. The van der Waals surface area contributed by atoms with E-state index < -0.39 is 0 Å². The Kier molecular flexibility index (Phi) is 2.21. The van der Waals surface area contributed by atoms with Crippen molar-refractivity contribution in [2.24, 2.45) is 5.92 Å². The molecule has 2 unspecified atom stereocenters. The van der Waals surface area contributed by atoms with Gasteiger partial charge in [0.1, 0.15) is 0 Å². The summed E-state index contributed by atoms with van der Waals surface area (Å²) in [5.41, 5.74) is 1.07. The molecule has 3 nitrogen and oxygen atoms in total. The first-order valence-corrected chi connectivity index (χ1v) is 5.81. The summed E-state index contributed by atoms with van der Waals surface area (Å²) in [4.78, 5) is 0. The summed E-state index contributed by atoms with van der Waals surface area (Å²) in [7, 11) is 0. The molecule has 1 aromatic carbocycles. The van der Waals surface area contributed by atoms with Gasteiger partial charge in [0, 0.05) is 11.6 Å². The summed E-state index contributed by atoms with van der Waals surface area (Å²) in [6, 6.07) is 10.5. The van der Waals surface area contributed by atoms with E-state index in [1.165, 1.54) is 0 Å². The fourth-order valence-electron chi connectivity index (χ4n) is 2.01. The minimum Gasteiger partial charge on any atom is -0.294 e. The average Bonchev–Trinajstić information content (AvgIpc) is 2.88. The Morgan fingerprint density at radius 1 is 1.25 bits per heavy atom. The van der Waals surface area contributed by atoms with Gasteiger partial charge in [-0.15, -0.1) is 10.2 Å². The molecule has 0 bridgehead atoms. The smallest absolute Gasteiger partial charge is 0.225 e. The second-order valence-electron chi connectivity index (χ2n) is 4.31. The van der Waals surface area contributed by atoms with Crippen molar-refractivity contribution in [2.75, 3.05) is 0 Å². The first kappa shape index (κ1) is 9.85. The standard InChI is InChI=1S/C12H12ClN3/c1-8-7-10(8)16-11(14-15-12(16)13)9-5-3-2-4-6-9/h2-6,8,10H,7H2,1H3. The first-order chi connectivity index (χ1) is 7.77. The van der Waals surface area contributed by atoms with Crippen molar-refractivity contribution >= 4 is 11.6 Å². The number of rotatable bonds is 2. The van der Waals surface area contributed by atoms with Crippen LogP contribution in [0.1, 0.15) is 19.4 Å². The molecule has 3 rings (SSSR count). The maximum Gasteiger partial charge on any atom is 0.225 e. The molecule has 4 heteroatoms. The minimum absolute atomic E-state index is 0.470. The molecule has 1 heterocycles. The molecule has 1 aliphatic rings. The van der Waals surface area contributed by atoms with Crippen molar-refractivity contribution < 1.29 is 0 Å². The molecule has 1 fully saturated rings. The van der Waals surface area contributed by atoms with Crippen LogP contribution >= 0.6 is 11.6 Å². The van der Waals surface area contributed by atoms with Crippen molar-refractivity contribution in [2.45, 2.75) is 19.4 Å². The van der Waals surface area contributed by atoms with E-state index in [1.54, 1.807) is 0 Å². The summed E-state index contributed by atoms with van der Waals surface area (Å²) in [5, 5.41) is 8.62. The van der Waals surface area contributed by atoms with Crippen LogP contribution in [0.4, 0.5) is 0 Å². The summed E-state index contributed by atoms with van der Waals surface area (Å²) < 4.78 is 2.04. The van der Waals surface area contributed by atoms with Crippen LogP contribution in [0.3, 0.4) is 0 Å². The molecule has 1 aliphatic carbocycles. The lowest BCUT2D eigenvalue weighted by Crippen LogP contribution is -1.99. The predicted octanol–water partition coefficient (Wildman–Crippen LogP) is 3.18. The number of nitrogens with zero attached hydrogens (tertiary/aromatic N) is 3. The van der Waals surface area contributed by atoms with Gasteiger partial charge in [-0.1, -0.05) is 37.3 Å². The Labute approximate surface area is 99.1 Å². The number of hydrogen-bond donors (Lipinski definition) is 0. The molecule has 1 saturated carbocycles. The Balaban J connectivity index is 2.08. The Hall–Kier alpha value is -1.35. The van der Waals surface area contributed by atoms with Crippen molar-refractivity contribution in [1.82, 2.24) is 14.8 Å². The van der Waals surface area contributed by atoms with E-state index >= 15 is 0 Å². The molecule has 2 atom stereocenters. The maximum absolute atomic E-state index is 6.08. The lowest BCUT2D eigenvalue weighted by molar-refractivity contribution is 0.690. The first-order valence-electron chi connectivity index (χ1n) is 5.43. The second kappa shape index (κ2) is 3.59. The zero-order valence-electron chi connectivity index (χ0n) is 8.97. The third-order valence-corrected chi connectivity index (χ3v) is 3.34. The van der Waals surface area contributed by atoms with Crippen LogP contribution in [0.5, 0.6) is 0 Å². The number of hydrogen-bond acceptors (Lipinski definition) is 2. The summed E-state index contributed by atoms with van der Waals surface area (Å²) in [6.45, 7) is 2.22. The number of halogens is 1. The molecule has 0 N–H and O–H groups in total. The predicted molar refractivity (Wildman–Crippen MR) is 63.3 cm³/mol. The van der Waals surface area contributed by atoms with Crippen LogP contribution in [0.15, 0.2) is 30.3 Å². The third-order valence-electron chi connectivity index (χ3n) is 3.08. The van der Waals surface area contributed by atoms with Gasteiger partial charge >= 0.3 is 0 Å². The van der Waals surface area contributed by atoms with E-state index in [0.29, 0.717) is 17.2 Å². The van der Waals surface area contributed by atoms with Crippen molar-refractivity contribution in [3.8, 4) is 11.4 Å². The van der Waals surface area contributed by atoms with Crippen molar-refractivity contribution in [3.63, 3.8) is 0 Å². The second-order valence-corrected chi connectivity index (χ2v) is 4.65. The van der Waals surface area contributed by atoms with Gasteiger partial charge in [0.15, 0.2) is 5.82 Å². The third kappa shape index (κ3) is 1.52. The Bertz CT molecular complexity index is 506. The fourth-order valence-corrected chi connectivity index (χ4v) is 2.26. The van der Waals surface area contributed by atoms with Gasteiger partial charge in [-0.25, -0.2) is 0 Å². The number of benzene rings is 1. The monoisotopic (exact) mass is 233 g/mol. The van der Waals surface area contributed by atoms with Gasteiger partial charge < -0.3 is 0 Å². The van der Waals surface area contributed by atoms with E-state index in [2.05, 4.69) is 17.1 Å². The van der Waals surface area contributed by atoms with E-state index in [4.69, 9.17) is 11.6 Å². The van der Waals surface area contributed by atoms with Gasteiger partial charge in [-0.2, -0.15) is 0 Å². The topological polar surface area (TPSA) is 30.7 Å². The molecule has 0 saturated heterocycles. The highest BCUT2D eigenvalue weighted by Crippen LogP contribution is 2.45. The zero-order valence-corrected chi connectivity index (χ0v) is 9.72. The summed E-state index contributed by atoms with van der Waals surface area (Å²) >= 11 is 6.08. The molecule has 0 radical (unpaired) electrons. The highest BCUT2D eigenvalue weighted by Gasteiger charge is 2.37. The van der Waals surface area contributed by atoms with Gasteiger partial charge in [0.25, 0.3) is 0 Å².